The van der Waals surface area contributed by atoms with Crippen LogP contribution >= 0.6 is 35.3 Å². The van der Waals surface area contributed by atoms with Crippen LogP contribution in [-0.4, -0.2) is 40.7 Å². The summed E-state index contributed by atoms with van der Waals surface area (Å²) < 4.78 is 5.27. The van der Waals surface area contributed by atoms with E-state index in [1.54, 1.807) is 13.2 Å². The summed E-state index contributed by atoms with van der Waals surface area (Å²) in [5.41, 5.74) is 0.680. The van der Waals surface area contributed by atoms with Gasteiger partial charge < -0.3 is 15.2 Å². The van der Waals surface area contributed by atoms with Crippen molar-refractivity contribution in [3.05, 3.63) is 52.1 Å². The molecule has 3 heterocycles. The minimum atomic E-state index is 0. The highest BCUT2D eigenvalue weighted by molar-refractivity contribution is 14.0. The van der Waals surface area contributed by atoms with Gasteiger partial charge in [-0.15, -0.1) is 35.3 Å². The van der Waals surface area contributed by atoms with Gasteiger partial charge in [0.2, 0.25) is 0 Å². The Hall–Kier alpha value is -2.01. The third-order valence-electron chi connectivity index (χ3n) is 3.90. The predicted molar refractivity (Wildman–Crippen MR) is 123 cm³/mol. The van der Waals surface area contributed by atoms with Gasteiger partial charge in [0.15, 0.2) is 11.8 Å². The number of guanidine groups is 1. The number of hydrogen-bond donors (Lipinski definition) is 2. The van der Waals surface area contributed by atoms with Gasteiger partial charge >= 0.3 is 0 Å². The highest BCUT2D eigenvalue weighted by Crippen LogP contribution is 2.16. The van der Waals surface area contributed by atoms with Crippen molar-refractivity contribution in [1.29, 1.82) is 0 Å². The van der Waals surface area contributed by atoms with E-state index in [0.29, 0.717) is 30.4 Å². The lowest BCUT2D eigenvalue weighted by atomic mass is 10.2. The van der Waals surface area contributed by atoms with Crippen LogP contribution in [0.3, 0.4) is 0 Å². The molecule has 0 amide bonds. The largest absolute Gasteiger partial charge is 0.356 e. The lowest BCUT2D eigenvalue weighted by Crippen LogP contribution is -2.43. The normalized spacial score (nSPS) is 12.3. The lowest BCUT2D eigenvalue weighted by molar-refractivity contribution is 0.421. The molecule has 3 aromatic rings. The maximum atomic E-state index is 5.27. The summed E-state index contributed by atoms with van der Waals surface area (Å²) in [6, 6.07) is 10.2. The number of hydrogen-bond acceptors (Lipinski definition) is 6. The molecule has 1 unspecified atom stereocenters. The van der Waals surface area contributed by atoms with Gasteiger partial charge in [0, 0.05) is 48.4 Å². The maximum Gasteiger partial charge on any atom is 0.276 e. The van der Waals surface area contributed by atoms with E-state index in [4.69, 9.17) is 4.52 Å². The van der Waals surface area contributed by atoms with Gasteiger partial charge in [0.1, 0.15) is 5.69 Å². The second kappa shape index (κ2) is 11.1. The second-order valence-corrected chi connectivity index (χ2v) is 7.61. The van der Waals surface area contributed by atoms with Gasteiger partial charge in [-0.25, -0.2) is 0 Å². The van der Waals surface area contributed by atoms with Gasteiger partial charge in [-0.05, 0) is 38.1 Å². The molecule has 0 radical (unpaired) electrons. The Labute approximate surface area is 186 Å². The molecule has 2 N–H and O–H groups in total. The van der Waals surface area contributed by atoms with Gasteiger partial charge in [-0.1, -0.05) is 11.2 Å². The first kappa shape index (κ1) is 22.3. The van der Waals surface area contributed by atoms with E-state index in [9.17, 15) is 0 Å². The fraction of sp³-hybridized carbons (Fsp3) is 0.368. The molecule has 3 aromatic heterocycles. The quantitative estimate of drug-likeness (QED) is 0.287. The van der Waals surface area contributed by atoms with Crippen molar-refractivity contribution in [1.82, 2.24) is 25.8 Å². The molecule has 0 aliphatic heterocycles. The van der Waals surface area contributed by atoms with Crippen LogP contribution in [0.25, 0.3) is 11.6 Å². The average molecular weight is 512 g/mol. The molecule has 150 valence electrons. The molecule has 0 bridgehead atoms. The van der Waals surface area contributed by atoms with Crippen LogP contribution in [0.5, 0.6) is 0 Å². The molecule has 28 heavy (non-hydrogen) atoms. The number of aryl methyl sites for hydroxylation is 1. The molecule has 0 aliphatic rings. The molecular formula is C19H25IN6OS. The van der Waals surface area contributed by atoms with Crippen molar-refractivity contribution in [3.8, 4) is 11.6 Å². The topological polar surface area (TPSA) is 88.2 Å². The SMILES string of the molecule is CN=C(NCCc1noc(-c2ccccn2)n1)NC(C)Cc1ccc(C)s1.I. The molecule has 0 saturated carbocycles. The molecule has 9 heteroatoms. The smallest absolute Gasteiger partial charge is 0.276 e. The van der Waals surface area contributed by atoms with E-state index in [1.165, 1.54) is 9.75 Å². The summed E-state index contributed by atoms with van der Waals surface area (Å²) in [5.74, 6) is 1.85. The predicted octanol–water partition coefficient (Wildman–Crippen LogP) is 3.46. The van der Waals surface area contributed by atoms with E-state index < -0.39 is 0 Å². The molecular weight excluding hydrogens is 487 g/mol. The van der Waals surface area contributed by atoms with E-state index >= 15 is 0 Å². The maximum absolute atomic E-state index is 5.27. The minimum Gasteiger partial charge on any atom is -0.356 e. The van der Waals surface area contributed by atoms with E-state index in [-0.39, 0.29) is 30.0 Å². The third kappa shape index (κ3) is 6.55. The van der Waals surface area contributed by atoms with Crippen molar-refractivity contribution in [2.75, 3.05) is 13.6 Å². The van der Waals surface area contributed by atoms with E-state index in [2.05, 4.69) is 56.7 Å². The molecule has 0 aromatic carbocycles. The summed E-state index contributed by atoms with van der Waals surface area (Å²) in [7, 11) is 1.77. The third-order valence-corrected chi connectivity index (χ3v) is 4.93. The Bertz CT molecular complexity index is 879. The van der Waals surface area contributed by atoms with E-state index in [0.717, 1.165) is 12.4 Å². The van der Waals surface area contributed by atoms with Crippen LogP contribution in [-0.2, 0) is 12.8 Å². The standard InChI is InChI=1S/C19H24N6OS.HI/c1-13(12-15-8-7-14(2)27-15)23-19(20-3)22-11-9-17-24-18(26-25-17)16-6-4-5-10-21-16;/h4-8,10,13H,9,11-12H2,1-3H3,(H2,20,22,23);1H. The number of pyridine rings is 1. The van der Waals surface area contributed by atoms with Crippen molar-refractivity contribution >= 4 is 41.3 Å². The minimum absolute atomic E-state index is 0. The molecule has 0 aliphatic carbocycles. The zero-order valence-electron chi connectivity index (χ0n) is 16.2. The van der Waals surface area contributed by atoms with Crippen LogP contribution in [0.4, 0.5) is 0 Å². The van der Waals surface area contributed by atoms with Gasteiger partial charge in [-0.2, -0.15) is 4.98 Å². The monoisotopic (exact) mass is 512 g/mol. The number of thiophene rings is 1. The first-order chi connectivity index (χ1) is 13.1. The Morgan fingerprint density at radius 3 is 2.82 bits per heavy atom. The van der Waals surface area contributed by atoms with Crippen LogP contribution in [0.2, 0.25) is 0 Å². The van der Waals surface area contributed by atoms with Crippen LogP contribution in [0, 0.1) is 6.92 Å². The number of rotatable bonds is 7. The molecule has 1 atom stereocenters. The summed E-state index contributed by atoms with van der Waals surface area (Å²) in [5, 5.41) is 10.7. The fourth-order valence-corrected chi connectivity index (χ4v) is 3.64. The summed E-state index contributed by atoms with van der Waals surface area (Å²) >= 11 is 1.83. The zero-order chi connectivity index (χ0) is 19.1. The highest BCUT2D eigenvalue weighted by Gasteiger charge is 2.11. The van der Waals surface area contributed by atoms with Crippen molar-refractivity contribution < 1.29 is 4.52 Å². The average Bonchev–Trinajstić information content (AvgIpc) is 3.30. The van der Waals surface area contributed by atoms with Crippen LogP contribution in [0.15, 0.2) is 46.0 Å². The second-order valence-electron chi connectivity index (χ2n) is 6.24. The van der Waals surface area contributed by atoms with Gasteiger partial charge in [0.25, 0.3) is 5.89 Å². The summed E-state index contributed by atoms with van der Waals surface area (Å²) in [6.07, 6.45) is 3.31. The fourth-order valence-electron chi connectivity index (χ4n) is 2.62. The van der Waals surface area contributed by atoms with Crippen molar-refractivity contribution in [2.24, 2.45) is 4.99 Å². The summed E-state index contributed by atoms with van der Waals surface area (Å²) in [6.45, 7) is 4.94. The molecule has 0 spiro atoms. The Kier molecular flexibility index (Phi) is 8.84. The Morgan fingerprint density at radius 1 is 1.29 bits per heavy atom. The number of nitrogens with one attached hydrogen (secondary N) is 2. The number of nitrogens with zero attached hydrogens (tertiary/aromatic N) is 4. The van der Waals surface area contributed by atoms with Crippen molar-refractivity contribution in [2.45, 2.75) is 32.7 Å². The molecule has 3 rings (SSSR count). The van der Waals surface area contributed by atoms with Crippen LogP contribution < -0.4 is 10.6 Å². The molecule has 0 saturated heterocycles. The number of halogens is 1. The Balaban J connectivity index is 0.00000280. The lowest BCUT2D eigenvalue weighted by Gasteiger charge is -2.17. The van der Waals surface area contributed by atoms with Crippen LogP contribution in [0.1, 0.15) is 22.5 Å². The highest BCUT2D eigenvalue weighted by atomic mass is 127. The first-order valence-electron chi connectivity index (χ1n) is 8.90. The number of aromatic nitrogens is 3. The van der Waals surface area contributed by atoms with Crippen molar-refractivity contribution in [3.63, 3.8) is 0 Å². The molecule has 7 nitrogen and oxygen atoms in total. The summed E-state index contributed by atoms with van der Waals surface area (Å²) in [4.78, 5) is 15.6. The Morgan fingerprint density at radius 2 is 2.14 bits per heavy atom. The number of aliphatic imine (C=N–C) groups is 1. The molecule has 0 fully saturated rings. The van der Waals surface area contributed by atoms with Gasteiger partial charge in [-0.3, -0.25) is 9.98 Å². The van der Waals surface area contributed by atoms with Gasteiger partial charge in [0.05, 0.1) is 0 Å². The zero-order valence-corrected chi connectivity index (χ0v) is 19.3. The first-order valence-corrected chi connectivity index (χ1v) is 9.72. The van der Waals surface area contributed by atoms with E-state index in [1.807, 2.05) is 29.5 Å².